The third-order valence-electron chi connectivity index (χ3n) is 8.99. The number of rotatable bonds is 10. The number of nitrogens with zero attached hydrogens (tertiary/aromatic N) is 3. The highest BCUT2D eigenvalue weighted by Crippen LogP contribution is 2.41. The van der Waals surface area contributed by atoms with E-state index in [2.05, 4.69) is 71.4 Å². The van der Waals surface area contributed by atoms with E-state index in [0.717, 1.165) is 74.2 Å². The Bertz CT molecular complexity index is 1610. The quantitative estimate of drug-likeness (QED) is 0.222. The average molecular weight is 574 g/mol. The molecule has 4 aromatic rings. The van der Waals surface area contributed by atoms with E-state index >= 15 is 0 Å². The molecule has 1 saturated heterocycles. The second-order valence-corrected chi connectivity index (χ2v) is 11.7. The molecule has 0 radical (unpaired) electrons. The number of benzene rings is 3. The van der Waals surface area contributed by atoms with Crippen LogP contribution in [0, 0.1) is 18.3 Å². The van der Waals surface area contributed by atoms with E-state index in [1.807, 2.05) is 12.1 Å². The molecule has 220 valence electrons. The van der Waals surface area contributed by atoms with Crippen molar-refractivity contribution >= 4 is 0 Å². The number of hydrogen-bond acceptors (Lipinski definition) is 6. The number of aliphatic hydroxyl groups is 1. The van der Waals surface area contributed by atoms with Crippen molar-refractivity contribution in [2.45, 2.75) is 71.2 Å². The van der Waals surface area contributed by atoms with Gasteiger partial charge in [0.25, 0.3) is 0 Å². The van der Waals surface area contributed by atoms with Gasteiger partial charge in [-0.2, -0.15) is 5.26 Å². The van der Waals surface area contributed by atoms with Crippen LogP contribution in [0.15, 0.2) is 73.1 Å². The highest BCUT2D eigenvalue weighted by Gasteiger charge is 2.28. The molecule has 2 heterocycles. The van der Waals surface area contributed by atoms with Gasteiger partial charge in [0, 0.05) is 42.2 Å². The topological polar surface area (TPSA) is 78.6 Å². The summed E-state index contributed by atoms with van der Waals surface area (Å²) in [6.07, 6.45) is 9.69. The summed E-state index contributed by atoms with van der Waals surface area (Å²) >= 11 is 0. The molecule has 6 heteroatoms. The Labute approximate surface area is 254 Å². The lowest BCUT2D eigenvalue weighted by atomic mass is 9.96. The van der Waals surface area contributed by atoms with Crippen LogP contribution in [0.1, 0.15) is 64.6 Å². The molecule has 1 fully saturated rings. The second kappa shape index (κ2) is 13.4. The van der Waals surface area contributed by atoms with Crippen LogP contribution in [-0.4, -0.2) is 34.2 Å². The number of aromatic nitrogens is 1. The van der Waals surface area contributed by atoms with E-state index in [-0.39, 0.29) is 12.6 Å². The van der Waals surface area contributed by atoms with E-state index in [0.29, 0.717) is 18.8 Å². The maximum atomic E-state index is 10.1. The first-order valence-corrected chi connectivity index (χ1v) is 15.4. The van der Waals surface area contributed by atoms with Crippen LogP contribution in [0.4, 0.5) is 0 Å². The minimum Gasteiger partial charge on any atom is -0.488 e. The summed E-state index contributed by atoms with van der Waals surface area (Å²) in [5.74, 6) is 1.70. The molecular weight excluding hydrogens is 534 g/mol. The molecule has 0 unspecified atom stereocenters. The van der Waals surface area contributed by atoms with Crippen LogP contribution in [0.3, 0.4) is 0 Å². The van der Waals surface area contributed by atoms with Gasteiger partial charge in [-0.3, -0.25) is 9.88 Å². The molecule has 0 amide bonds. The fourth-order valence-corrected chi connectivity index (χ4v) is 6.61. The molecule has 6 rings (SSSR count). The van der Waals surface area contributed by atoms with Crippen molar-refractivity contribution in [2.24, 2.45) is 0 Å². The van der Waals surface area contributed by atoms with Crippen LogP contribution >= 0.6 is 0 Å². The molecule has 0 bridgehead atoms. The number of fused-ring (bicyclic) bond motifs is 1. The third kappa shape index (κ3) is 6.44. The number of nitriles is 1. The van der Waals surface area contributed by atoms with Crippen molar-refractivity contribution in [2.75, 3.05) is 13.2 Å². The Morgan fingerprint density at radius 1 is 0.930 bits per heavy atom. The summed E-state index contributed by atoms with van der Waals surface area (Å²) in [5.41, 5.74) is 10.0. The maximum Gasteiger partial charge on any atom is 0.128 e. The monoisotopic (exact) mass is 573 g/mol. The lowest BCUT2D eigenvalue weighted by Crippen LogP contribution is -2.41. The smallest absolute Gasteiger partial charge is 0.128 e. The van der Waals surface area contributed by atoms with Crippen LogP contribution in [0.5, 0.6) is 11.5 Å². The molecule has 1 N–H and O–H groups in total. The van der Waals surface area contributed by atoms with E-state index in [9.17, 15) is 10.4 Å². The van der Waals surface area contributed by atoms with Crippen molar-refractivity contribution in [1.82, 2.24) is 9.88 Å². The summed E-state index contributed by atoms with van der Waals surface area (Å²) in [6, 6.07) is 23.2. The lowest BCUT2D eigenvalue weighted by Gasteiger charge is -2.35. The molecule has 3 aromatic carbocycles. The van der Waals surface area contributed by atoms with Crippen molar-refractivity contribution in [3.63, 3.8) is 0 Å². The van der Waals surface area contributed by atoms with Gasteiger partial charge in [-0.05, 0) is 85.0 Å². The molecule has 1 aliphatic carbocycles. The third-order valence-corrected chi connectivity index (χ3v) is 8.99. The van der Waals surface area contributed by atoms with Crippen LogP contribution in [0.2, 0.25) is 0 Å². The molecule has 1 aromatic heterocycles. The number of ether oxygens (including phenoxy) is 2. The fourth-order valence-electron chi connectivity index (χ4n) is 6.61. The van der Waals surface area contributed by atoms with Gasteiger partial charge < -0.3 is 14.6 Å². The minimum atomic E-state index is 0.172. The Morgan fingerprint density at radius 2 is 1.77 bits per heavy atom. The Hall–Kier alpha value is -4.18. The number of piperidine rings is 1. The fraction of sp³-hybridized carbons (Fsp3) is 0.351. The molecule has 0 saturated carbocycles. The maximum absolute atomic E-state index is 10.1. The van der Waals surface area contributed by atoms with Crippen molar-refractivity contribution in [3.05, 3.63) is 112 Å². The normalized spacial score (nSPS) is 16.4. The summed E-state index contributed by atoms with van der Waals surface area (Å²) in [7, 11) is 0. The highest BCUT2D eigenvalue weighted by molar-refractivity contribution is 5.68. The van der Waals surface area contributed by atoms with Crippen molar-refractivity contribution < 1.29 is 14.6 Å². The zero-order chi connectivity index (χ0) is 29.6. The molecule has 2 aliphatic rings. The first-order valence-electron chi connectivity index (χ1n) is 15.4. The molecule has 6 nitrogen and oxygen atoms in total. The van der Waals surface area contributed by atoms with E-state index < -0.39 is 0 Å². The number of pyridine rings is 1. The van der Waals surface area contributed by atoms with Gasteiger partial charge in [0.2, 0.25) is 0 Å². The largest absolute Gasteiger partial charge is 0.488 e. The first-order chi connectivity index (χ1) is 21.1. The number of aliphatic hydroxyl groups excluding tert-OH is 1. The lowest BCUT2D eigenvalue weighted by molar-refractivity contribution is 0.0828. The van der Waals surface area contributed by atoms with Gasteiger partial charge >= 0.3 is 0 Å². The standard InChI is InChI=1S/C37H39N3O3/c1-26-30(11-7-13-32(26)29-9-3-2-4-10-29)25-43-36-18-37(42-24-28-17-27(19-38)20-39-21-28)35(33-14-8-15-34(33)36)22-40-16-6-5-12-31(40)23-41/h2-4,7,9-11,13,17-18,20-21,31,41H,5-6,8,12,14-16,22-25H2,1H3/t31-/m0/s1. The van der Waals surface area contributed by atoms with Crippen LogP contribution in [0.25, 0.3) is 11.1 Å². The van der Waals surface area contributed by atoms with Gasteiger partial charge in [-0.1, -0.05) is 55.0 Å². The van der Waals surface area contributed by atoms with E-state index in [4.69, 9.17) is 9.47 Å². The summed E-state index contributed by atoms with van der Waals surface area (Å²) in [5, 5.41) is 19.5. The van der Waals surface area contributed by atoms with E-state index in [1.54, 1.807) is 12.4 Å². The van der Waals surface area contributed by atoms with Gasteiger partial charge in [-0.15, -0.1) is 0 Å². The summed E-state index contributed by atoms with van der Waals surface area (Å²) < 4.78 is 13.2. The Balaban J connectivity index is 1.32. The summed E-state index contributed by atoms with van der Waals surface area (Å²) in [4.78, 5) is 6.63. The van der Waals surface area contributed by atoms with Gasteiger partial charge in [0.1, 0.15) is 30.8 Å². The van der Waals surface area contributed by atoms with Crippen LogP contribution < -0.4 is 9.47 Å². The Kier molecular flexibility index (Phi) is 9.02. The predicted molar refractivity (Wildman–Crippen MR) is 168 cm³/mol. The highest BCUT2D eigenvalue weighted by atomic mass is 16.5. The van der Waals surface area contributed by atoms with Gasteiger partial charge in [0.05, 0.1) is 12.2 Å². The average Bonchev–Trinajstić information content (AvgIpc) is 3.55. The number of hydrogen-bond donors (Lipinski definition) is 1. The van der Waals surface area contributed by atoms with Crippen molar-refractivity contribution in [3.8, 4) is 28.7 Å². The minimum absolute atomic E-state index is 0.172. The van der Waals surface area contributed by atoms with Crippen molar-refractivity contribution in [1.29, 1.82) is 5.26 Å². The second-order valence-electron chi connectivity index (χ2n) is 11.7. The molecular formula is C37H39N3O3. The first kappa shape index (κ1) is 28.9. The van der Waals surface area contributed by atoms with Gasteiger partial charge in [-0.25, -0.2) is 0 Å². The number of likely N-dealkylation sites (tertiary alicyclic amines) is 1. The zero-order valence-electron chi connectivity index (χ0n) is 24.9. The predicted octanol–water partition coefficient (Wildman–Crippen LogP) is 6.92. The molecule has 1 atom stereocenters. The van der Waals surface area contributed by atoms with Crippen LogP contribution in [-0.2, 0) is 32.6 Å². The molecule has 0 spiro atoms. The summed E-state index contributed by atoms with van der Waals surface area (Å²) in [6.45, 7) is 4.86. The van der Waals surface area contributed by atoms with Gasteiger partial charge in [0.15, 0.2) is 0 Å². The molecule has 1 aliphatic heterocycles. The van der Waals surface area contributed by atoms with E-state index in [1.165, 1.54) is 33.4 Å². The zero-order valence-corrected chi connectivity index (χ0v) is 24.9. The molecule has 43 heavy (non-hydrogen) atoms. The Morgan fingerprint density at radius 3 is 2.60 bits per heavy atom. The SMILES string of the molecule is Cc1c(COc2cc(OCc3cncc(C#N)c3)c(CN3CCCC[C@H]3CO)c3c2CCC3)cccc1-c1ccccc1.